The first-order chi connectivity index (χ1) is 10.5. The number of carboxylic acid groups (broad SMARTS) is 1. The van der Waals surface area contributed by atoms with Crippen LogP contribution in [0.5, 0.6) is 0 Å². The fourth-order valence-corrected chi connectivity index (χ4v) is 2.30. The van der Waals surface area contributed by atoms with E-state index in [-0.39, 0.29) is 11.7 Å². The Morgan fingerprint density at radius 3 is 2.55 bits per heavy atom. The summed E-state index contributed by atoms with van der Waals surface area (Å²) < 4.78 is 4.97. The number of hydrogen-bond donors (Lipinski definition) is 1. The molecule has 1 N–H and O–H groups in total. The van der Waals surface area contributed by atoms with E-state index >= 15 is 0 Å². The average molecular weight is 308 g/mol. The van der Waals surface area contributed by atoms with Crippen molar-refractivity contribution in [2.45, 2.75) is 20.4 Å². The number of aryl methyl sites for hydroxylation is 1. The molecule has 2 rings (SSSR count). The molecule has 22 heavy (non-hydrogen) atoms. The second kappa shape index (κ2) is 7.17. The lowest BCUT2D eigenvalue weighted by molar-refractivity contribution is 0.0695. The molecular weight excluding hydrogens is 288 g/mol. The van der Waals surface area contributed by atoms with E-state index in [9.17, 15) is 9.59 Å². The Morgan fingerprint density at radius 2 is 2.00 bits per heavy atom. The van der Waals surface area contributed by atoms with Crippen molar-refractivity contribution >= 4 is 12.1 Å². The number of aromatic carboxylic acids is 1. The van der Waals surface area contributed by atoms with E-state index in [4.69, 9.17) is 9.84 Å². The molecule has 1 aromatic heterocycles. The van der Waals surface area contributed by atoms with E-state index in [2.05, 4.69) is 14.9 Å². The SMILES string of the molecule is CCOC(=O)N1CCN(Cc2ncc(C(=O)O)c(C)n2)CC1. The van der Waals surface area contributed by atoms with Gasteiger partial charge in [-0.1, -0.05) is 0 Å². The number of carboxylic acids is 1. The Bertz CT molecular complexity index is 556. The van der Waals surface area contributed by atoms with E-state index in [0.29, 0.717) is 50.8 Å². The molecule has 0 atom stereocenters. The Labute approximate surface area is 128 Å². The molecule has 0 aromatic carbocycles. The molecule has 1 saturated heterocycles. The zero-order valence-electron chi connectivity index (χ0n) is 12.8. The Hall–Kier alpha value is -2.22. The van der Waals surface area contributed by atoms with Crippen molar-refractivity contribution in [1.29, 1.82) is 0 Å². The second-order valence-corrected chi connectivity index (χ2v) is 5.05. The van der Waals surface area contributed by atoms with Gasteiger partial charge in [0.15, 0.2) is 0 Å². The molecule has 0 unspecified atom stereocenters. The molecule has 8 heteroatoms. The molecule has 0 bridgehead atoms. The maximum Gasteiger partial charge on any atom is 0.409 e. The molecule has 0 radical (unpaired) electrons. The normalized spacial score (nSPS) is 15.6. The van der Waals surface area contributed by atoms with Crippen molar-refractivity contribution in [2.24, 2.45) is 0 Å². The van der Waals surface area contributed by atoms with Crippen LogP contribution in [-0.2, 0) is 11.3 Å². The van der Waals surface area contributed by atoms with Crippen LogP contribution in [0.25, 0.3) is 0 Å². The van der Waals surface area contributed by atoms with Gasteiger partial charge in [-0.05, 0) is 13.8 Å². The number of ether oxygens (including phenoxy) is 1. The van der Waals surface area contributed by atoms with Gasteiger partial charge >= 0.3 is 12.1 Å². The molecule has 1 amide bonds. The highest BCUT2D eigenvalue weighted by Crippen LogP contribution is 2.09. The van der Waals surface area contributed by atoms with Crippen LogP contribution in [0.1, 0.15) is 28.8 Å². The van der Waals surface area contributed by atoms with E-state index < -0.39 is 5.97 Å². The molecule has 0 saturated carbocycles. The highest BCUT2D eigenvalue weighted by molar-refractivity contribution is 5.88. The number of piperazine rings is 1. The number of amides is 1. The van der Waals surface area contributed by atoms with Crippen LogP contribution in [-0.4, -0.2) is 69.7 Å². The van der Waals surface area contributed by atoms with Gasteiger partial charge in [0.1, 0.15) is 5.82 Å². The minimum atomic E-state index is -1.02. The molecular formula is C14H20N4O4. The van der Waals surface area contributed by atoms with Gasteiger partial charge in [0.2, 0.25) is 0 Å². The summed E-state index contributed by atoms with van der Waals surface area (Å²) in [6.45, 7) is 6.99. The maximum atomic E-state index is 11.6. The van der Waals surface area contributed by atoms with Crippen LogP contribution in [0.2, 0.25) is 0 Å². The zero-order chi connectivity index (χ0) is 16.1. The first-order valence-electron chi connectivity index (χ1n) is 7.21. The van der Waals surface area contributed by atoms with Crippen LogP contribution < -0.4 is 0 Å². The van der Waals surface area contributed by atoms with Gasteiger partial charge in [-0.2, -0.15) is 0 Å². The summed E-state index contributed by atoms with van der Waals surface area (Å²) in [6, 6.07) is 0. The van der Waals surface area contributed by atoms with E-state index in [1.54, 1.807) is 18.7 Å². The van der Waals surface area contributed by atoms with E-state index in [1.807, 2.05) is 0 Å². The van der Waals surface area contributed by atoms with Gasteiger partial charge in [-0.25, -0.2) is 19.6 Å². The number of aromatic nitrogens is 2. The van der Waals surface area contributed by atoms with Crippen LogP contribution in [0, 0.1) is 6.92 Å². The zero-order valence-corrected chi connectivity index (χ0v) is 12.8. The third-order valence-corrected chi connectivity index (χ3v) is 3.52. The van der Waals surface area contributed by atoms with Crippen molar-refractivity contribution in [3.05, 3.63) is 23.3 Å². The summed E-state index contributed by atoms with van der Waals surface area (Å²) in [6.07, 6.45) is 1.06. The molecule has 1 aromatic rings. The molecule has 2 heterocycles. The van der Waals surface area contributed by atoms with Gasteiger partial charge in [-0.3, -0.25) is 4.90 Å². The first-order valence-corrected chi connectivity index (χ1v) is 7.21. The summed E-state index contributed by atoms with van der Waals surface area (Å²) >= 11 is 0. The first kappa shape index (κ1) is 16.2. The summed E-state index contributed by atoms with van der Waals surface area (Å²) in [4.78, 5) is 34.7. The Kier molecular flexibility index (Phi) is 5.26. The number of carbonyl (C=O) groups excluding carboxylic acids is 1. The van der Waals surface area contributed by atoms with Crippen molar-refractivity contribution < 1.29 is 19.4 Å². The highest BCUT2D eigenvalue weighted by Gasteiger charge is 2.22. The molecule has 1 aliphatic heterocycles. The Balaban J connectivity index is 1.90. The highest BCUT2D eigenvalue weighted by atomic mass is 16.6. The predicted octanol–water partition coefficient (Wildman–Crippen LogP) is 0.757. The molecule has 8 nitrogen and oxygen atoms in total. The molecule has 1 aliphatic rings. The summed E-state index contributed by atoms with van der Waals surface area (Å²) in [5.41, 5.74) is 0.582. The fraction of sp³-hybridized carbons (Fsp3) is 0.571. The number of rotatable bonds is 4. The van der Waals surface area contributed by atoms with Gasteiger partial charge in [0, 0.05) is 32.4 Å². The van der Waals surface area contributed by atoms with Gasteiger partial charge < -0.3 is 14.7 Å². The van der Waals surface area contributed by atoms with Crippen molar-refractivity contribution in [3.63, 3.8) is 0 Å². The minimum absolute atomic E-state index is 0.121. The largest absolute Gasteiger partial charge is 0.478 e. The lowest BCUT2D eigenvalue weighted by Crippen LogP contribution is -2.48. The molecule has 0 aliphatic carbocycles. The van der Waals surface area contributed by atoms with Crippen molar-refractivity contribution in [1.82, 2.24) is 19.8 Å². The van der Waals surface area contributed by atoms with Crippen LogP contribution in [0.3, 0.4) is 0 Å². The smallest absolute Gasteiger partial charge is 0.409 e. The van der Waals surface area contributed by atoms with Crippen LogP contribution >= 0.6 is 0 Å². The van der Waals surface area contributed by atoms with Crippen molar-refractivity contribution in [3.8, 4) is 0 Å². The molecule has 1 fully saturated rings. The summed E-state index contributed by atoms with van der Waals surface area (Å²) in [5, 5.41) is 8.96. The third-order valence-electron chi connectivity index (χ3n) is 3.52. The second-order valence-electron chi connectivity index (χ2n) is 5.05. The van der Waals surface area contributed by atoms with Crippen LogP contribution in [0.15, 0.2) is 6.20 Å². The predicted molar refractivity (Wildman–Crippen MR) is 77.6 cm³/mol. The number of hydrogen-bond acceptors (Lipinski definition) is 6. The number of nitrogens with zero attached hydrogens (tertiary/aromatic N) is 4. The standard InChI is InChI=1S/C14H20N4O4/c1-3-22-14(21)18-6-4-17(5-7-18)9-12-15-8-11(13(19)20)10(2)16-12/h8H,3-7,9H2,1-2H3,(H,19,20). The van der Waals surface area contributed by atoms with E-state index in [0.717, 1.165) is 0 Å². The Morgan fingerprint density at radius 1 is 1.32 bits per heavy atom. The summed E-state index contributed by atoms with van der Waals surface area (Å²) in [5.74, 6) is -0.431. The minimum Gasteiger partial charge on any atom is -0.478 e. The van der Waals surface area contributed by atoms with E-state index in [1.165, 1.54) is 6.20 Å². The average Bonchev–Trinajstić information content (AvgIpc) is 2.48. The lowest BCUT2D eigenvalue weighted by atomic mass is 10.2. The van der Waals surface area contributed by atoms with Crippen molar-refractivity contribution in [2.75, 3.05) is 32.8 Å². The lowest BCUT2D eigenvalue weighted by Gasteiger charge is -2.33. The quantitative estimate of drug-likeness (QED) is 0.877. The van der Waals surface area contributed by atoms with Gasteiger partial charge in [0.05, 0.1) is 24.4 Å². The van der Waals surface area contributed by atoms with Gasteiger partial charge in [0.25, 0.3) is 0 Å². The third kappa shape index (κ3) is 3.91. The fourth-order valence-electron chi connectivity index (χ4n) is 2.30. The molecule has 0 spiro atoms. The van der Waals surface area contributed by atoms with Gasteiger partial charge in [-0.15, -0.1) is 0 Å². The number of carbonyl (C=O) groups is 2. The maximum absolute atomic E-state index is 11.6. The monoisotopic (exact) mass is 308 g/mol. The summed E-state index contributed by atoms with van der Waals surface area (Å²) in [7, 11) is 0. The molecule has 120 valence electrons. The van der Waals surface area contributed by atoms with Crippen LogP contribution in [0.4, 0.5) is 4.79 Å². The topological polar surface area (TPSA) is 95.9 Å².